The van der Waals surface area contributed by atoms with Gasteiger partial charge in [0.2, 0.25) is 5.91 Å². The van der Waals surface area contributed by atoms with Crippen LogP contribution in [0.1, 0.15) is 19.5 Å². The quantitative estimate of drug-likeness (QED) is 0.742. The van der Waals surface area contributed by atoms with Crippen LogP contribution in [-0.4, -0.2) is 23.6 Å². The highest BCUT2D eigenvalue weighted by Crippen LogP contribution is 2.18. The summed E-state index contributed by atoms with van der Waals surface area (Å²) >= 11 is 4.60. The molecule has 0 radical (unpaired) electrons. The van der Waals surface area contributed by atoms with Crippen molar-refractivity contribution >= 4 is 50.1 Å². The Balaban J connectivity index is 1.84. The van der Waals surface area contributed by atoms with Gasteiger partial charge >= 0.3 is 6.09 Å². The molecule has 0 spiro atoms. The van der Waals surface area contributed by atoms with Gasteiger partial charge < -0.3 is 10.1 Å². The number of amides is 2. The summed E-state index contributed by atoms with van der Waals surface area (Å²) < 4.78 is 5.91. The van der Waals surface area contributed by atoms with Crippen LogP contribution in [0.3, 0.4) is 0 Å². The molecule has 0 aliphatic rings. The van der Waals surface area contributed by atoms with Crippen molar-refractivity contribution in [3.8, 4) is 0 Å². The van der Waals surface area contributed by atoms with Crippen LogP contribution in [0.5, 0.6) is 0 Å². The van der Waals surface area contributed by atoms with Crippen molar-refractivity contribution < 1.29 is 14.3 Å². The van der Waals surface area contributed by atoms with Crippen LogP contribution in [0.2, 0.25) is 0 Å². The van der Waals surface area contributed by atoms with Crippen molar-refractivity contribution in [1.82, 2.24) is 4.98 Å². The topological polar surface area (TPSA) is 80.3 Å². The fraction of sp³-hybridized carbons (Fsp3) is 0.312. The second-order valence-electron chi connectivity index (χ2n) is 5.50. The molecule has 2 rings (SSSR count). The average Bonchev–Trinajstić information content (AvgIpc) is 2.92. The first kappa shape index (κ1) is 18.4. The maximum absolute atomic E-state index is 12.0. The molecule has 128 valence electrons. The number of rotatable bonds is 6. The Labute approximate surface area is 152 Å². The molecule has 0 aliphatic carbocycles. The molecule has 1 heterocycles. The van der Waals surface area contributed by atoms with Gasteiger partial charge in [-0.3, -0.25) is 10.1 Å². The van der Waals surface area contributed by atoms with E-state index in [1.165, 1.54) is 11.3 Å². The molecule has 0 atom stereocenters. The standard InChI is InChI=1S/C16H18BrN3O3S/c1-10(2)8-23-16(22)20-15-19-13(9-24-15)7-14(21)18-12-5-3-4-11(17)6-12/h3-6,9-10H,7-8H2,1-2H3,(H,18,21)(H,19,20,22). The summed E-state index contributed by atoms with van der Waals surface area (Å²) in [6.45, 7) is 4.26. The van der Waals surface area contributed by atoms with Crippen molar-refractivity contribution in [3.05, 3.63) is 39.8 Å². The van der Waals surface area contributed by atoms with Crippen LogP contribution >= 0.6 is 27.3 Å². The van der Waals surface area contributed by atoms with Crippen molar-refractivity contribution in [2.75, 3.05) is 17.2 Å². The number of carbonyl (C=O) groups is 2. The number of aromatic nitrogens is 1. The van der Waals surface area contributed by atoms with Gasteiger partial charge in [0.25, 0.3) is 0 Å². The number of nitrogens with zero attached hydrogens (tertiary/aromatic N) is 1. The number of ether oxygens (including phenoxy) is 1. The number of anilines is 2. The van der Waals surface area contributed by atoms with Gasteiger partial charge in [-0.15, -0.1) is 11.3 Å². The van der Waals surface area contributed by atoms with Crippen molar-refractivity contribution in [2.45, 2.75) is 20.3 Å². The number of hydrogen-bond donors (Lipinski definition) is 2. The first-order valence-electron chi connectivity index (χ1n) is 7.36. The van der Waals surface area contributed by atoms with Gasteiger partial charge in [0.15, 0.2) is 5.13 Å². The molecule has 0 fully saturated rings. The summed E-state index contributed by atoms with van der Waals surface area (Å²) in [6, 6.07) is 7.35. The Kier molecular flexibility index (Phi) is 6.74. The minimum Gasteiger partial charge on any atom is -0.449 e. The lowest BCUT2D eigenvalue weighted by Crippen LogP contribution is -2.17. The first-order valence-corrected chi connectivity index (χ1v) is 9.03. The summed E-state index contributed by atoms with van der Waals surface area (Å²) in [5.41, 5.74) is 1.30. The predicted molar refractivity (Wildman–Crippen MR) is 98.4 cm³/mol. The molecule has 0 saturated carbocycles. The van der Waals surface area contributed by atoms with E-state index in [0.717, 1.165) is 4.47 Å². The second-order valence-corrected chi connectivity index (χ2v) is 7.27. The van der Waals surface area contributed by atoms with Gasteiger partial charge in [-0.05, 0) is 24.1 Å². The smallest absolute Gasteiger partial charge is 0.413 e. The van der Waals surface area contributed by atoms with Crippen molar-refractivity contribution in [3.63, 3.8) is 0 Å². The number of thiazole rings is 1. The van der Waals surface area contributed by atoms with E-state index in [-0.39, 0.29) is 18.2 Å². The number of hydrogen-bond acceptors (Lipinski definition) is 5. The van der Waals surface area contributed by atoms with E-state index in [2.05, 4.69) is 31.5 Å². The predicted octanol–water partition coefficient (Wildman–Crippen LogP) is 4.29. The summed E-state index contributed by atoms with van der Waals surface area (Å²) in [5, 5.41) is 7.50. The van der Waals surface area contributed by atoms with E-state index in [0.29, 0.717) is 23.1 Å². The molecule has 2 aromatic rings. The normalized spacial score (nSPS) is 10.5. The summed E-state index contributed by atoms with van der Waals surface area (Å²) in [6.07, 6.45) is -0.408. The lowest BCUT2D eigenvalue weighted by atomic mass is 10.2. The number of carbonyl (C=O) groups excluding carboxylic acids is 2. The SMILES string of the molecule is CC(C)COC(=O)Nc1nc(CC(=O)Nc2cccc(Br)c2)cs1. The third-order valence-corrected chi connectivity index (χ3v) is 4.06. The van der Waals surface area contributed by atoms with Crippen LogP contribution in [0.25, 0.3) is 0 Å². The van der Waals surface area contributed by atoms with E-state index in [4.69, 9.17) is 4.74 Å². The molecule has 6 nitrogen and oxygen atoms in total. The first-order chi connectivity index (χ1) is 11.4. The minimum absolute atomic E-state index is 0.131. The third kappa shape index (κ3) is 6.29. The van der Waals surface area contributed by atoms with Gasteiger partial charge in [0.05, 0.1) is 18.7 Å². The Morgan fingerprint density at radius 3 is 2.83 bits per heavy atom. The van der Waals surface area contributed by atoms with Crippen molar-refractivity contribution in [1.29, 1.82) is 0 Å². The lowest BCUT2D eigenvalue weighted by Gasteiger charge is -2.06. The fourth-order valence-corrected chi connectivity index (χ4v) is 2.84. The van der Waals surface area contributed by atoms with Gasteiger partial charge in [0.1, 0.15) is 0 Å². The Morgan fingerprint density at radius 2 is 2.12 bits per heavy atom. The zero-order valence-electron chi connectivity index (χ0n) is 13.3. The molecule has 1 aromatic carbocycles. The highest BCUT2D eigenvalue weighted by atomic mass is 79.9. The lowest BCUT2D eigenvalue weighted by molar-refractivity contribution is -0.115. The van der Waals surface area contributed by atoms with Crippen LogP contribution < -0.4 is 10.6 Å². The summed E-state index contributed by atoms with van der Waals surface area (Å²) in [7, 11) is 0. The Hall–Kier alpha value is -1.93. The molecule has 24 heavy (non-hydrogen) atoms. The van der Waals surface area contributed by atoms with Crippen LogP contribution in [0.4, 0.5) is 15.6 Å². The molecule has 0 bridgehead atoms. The van der Waals surface area contributed by atoms with Crippen molar-refractivity contribution in [2.24, 2.45) is 5.92 Å². The van der Waals surface area contributed by atoms with E-state index >= 15 is 0 Å². The minimum atomic E-state index is -0.539. The van der Waals surface area contributed by atoms with E-state index in [9.17, 15) is 9.59 Å². The molecule has 2 N–H and O–H groups in total. The number of benzene rings is 1. The molecule has 1 aromatic heterocycles. The molecular formula is C16H18BrN3O3S. The molecule has 0 unspecified atom stereocenters. The maximum Gasteiger partial charge on any atom is 0.413 e. The molecule has 0 aliphatic heterocycles. The Bertz CT molecular complexity index is 718. The molecular weight excluding hydrogens is 394 g/mol. The summed E-state index contributed by atoms with van der Waals surface area (Å²) in [5.74, 6) is 0.0941. The Morgan fingerprint density at radius 1 is 1.33 bits per heavy atom. The fourth-order valence-electron chi connectivity index (χ4n) is 1.75. The molecule has 2 amide bonds. The number of nitrogens with one attached hydrogen (secondary N) is 2. The largest absolute Gasteiger partial charge is 0.449 e. The van der Waals surface area contributed by atoms with Gasteiger partial charge in [-0.25, -0.2) is 9.78 Å². The van der Waals surface area contributed by atoms with Crippen LogP contribution in [-0.2, 0) is 16.0 Å². The van der Waals surface area contributed by atoms with Gasteiger partial charge in [-0.1, -0.05) is 35.8 Å². The molecule has 8 heteroatoms. The average molecular weight is 412 g/mol. The monoisotopic (exact) mass is 411 g/mol. The van der Waals surface area contributed by atoms with E-state index < -0.39 is 6.09 Å². The summed E-state index contributed by atoms with van der Waals surface area (Å²) in [4.78, 5) is 27.8. The highest BCUT2D eigenvalue weighted by Gasteiger charge is 2.11. The highest BCUT2D eigenvalue weighted by molar-refractivity contribution is 9.10. The zero-order valence-corrected chi connectivity index (χ0v) is 15.7. The zero-order chi connectivity index (χ0) is 17.5. The van der Waals surface area contributed by atoms with E-state index in [1.807, 2.05) is 32.0 Å². The number of halogens is 1. The second kappa shape index (κ2) is 8.79. The third-order valence-electron chi connectivity index (χ3n) is 2.76. The molecule has 0 saturated heterocycles. The van der Waals surface area contributed by atoms with Crippen LogP contribution in [0.15, 0.2) is 34.1 Å². The van der Waals surface area contributed by atoms with Crippen LogP contribution in [0, 0.1) is 5.92 Å². The maximum atomic E-state index is 12.0. The van der Waals surface area contributed by atoms with Gasteiger partial charge in [0, 0.05) is 15.5 Å². The van der Waals surface area contributed by atoms with E-state index in [1.54, 1.807) is 11.4 Å². The van der Waals surface area contributed by atoms with Gasteiger partial charge in [-0.2, -0.15) is 0 Å².